The second-order valence-electron chi connectivity index (χ2n) is 7.90. The van der Waals surface area contributed by atoms with Crippen molar-refractivity contribution in [1.82, 2.24) is 14.8 Å². The van der Waals surface area contributed by atoms with Gasteiger partial charge >= 0.3 is 5.97 Å². The van der Waals surface area contributed by atoms with Gasteiger partial charge in [-0.2, -0.15) is 0 Å². The van der Waals surface area contributed by atoms with Crippen LogP contribution in [-0.2, 0) is 16.1 Å². The molecular formula is C19H29N3O3S. The quantitative estimate of drug-likeness (QED) is 0.822. The molecule has 0 aromatic carbocycles. The predicted molar refractivity (Wildman–Crippen MR) is 101 cm³/mol. The number of aryl methyl sites for hydroxylation is 1. The van der Waals surface area contributed by atoms with Gasteiger partial charge in [0, 0.05) is 37.0 Å². The van der Waals surface area contributed by atoms with Gasteiger partial charge in [0.05, 0.1) is 17.1 Å². The fraction of sp³-hybridized carbons (Fsp3) is 0.737. The number of hydrogen-bond acceptors (Lipinski definition) is 5. The molecule has 7 heteroatoms. The van der Waals surface area contributed by atoms with Crippen LogP contribution in [0.1, 0.15) is 42.7 Å². The fourth-order valence-electron chi connectivity index (χ4n) is 4.31. The van der Waals surface area contributed by atoms with Crippen LogP contribution in [0.25, 0.3) is 0 Å². The average molecular weight is 380 g/mol. The van der Waals surface area contributed by atoms with E-state index in [0.29, 0.717) is 18.8 Å². The Kier molecular flexibility index (Phi) is 6.29. The van der Waals surface area contributed by atoms with Gasteiger partial charge in [-0.1, -0.05) is 6.42 Å². The lowest BCUT2D eigenvalue weighted by Gasteiger charge is -2.29. The minimum Gasteiger partial charge on any atom is -0.481 e. The first-order chi connectivity index (χ1) is 12.4. The Balaban J connectivity index is 1.47. The summed E-state index contributed by atoms with van der Waals surface area (Å²) in [7, 11) is 2.13. The zero-order valence-corrected chi connectivity index (χ0v) is 16.5. The van der Waals surface area contributed by atoms with E-state index in [-0.39, 0.29) is 17.7 Å². The van der Waals surface area contributed by atoms with Gasteiger partial charge in [0.15, 0.2) is 0 Å². The standard InChI is InChI=1S/C19H29N3O3S/c1-13-17(26-12-20-13)11-21(2)9-14-6-7-22(10-14)18(23)15-4-3-5-16(8-15)19(24)25/h12,14-16H,3-11H2,1-2H3,(H,24,25). The number of amides is 1. The lowest BCUT2D eigenvalue weighted by atomic mass is 9.81. The molecule has 144 valence electrons. The third kappa shape index (κ3) is 4.62. The number of carbonyl (C=O) groups is 2. The number of carboxylic acids is 1. The van der Waals surface area contributed by atoms with Crippen molar-refractivity contribution in [1.29, 1.82) is 0 Å². The summed E-state index contributed by atoms with van der Waals surface area (Å²) in [6, 6.07) is 0. The molecule has 1 aliphatic carbocycles. The minimum atomic E-state index is -0.748. The van der Waals surface area contributed by atoms with Crippen LogP contribution in [0, 0.1) is 24.7 Å². The SMILES string of the molecule is Cc1ncsc1CN(C)CC1CCN(C(=O)C2CCCC(C(=O)O)C2)C1. The Morgan fingerprint density at radius 3 is 2.81 bits per heavy atom. The summed E-state index contributed by atoms with van der Waals surface area (Å²) in [5, 5.41) is 9.24. The van der Waals surface area contributed by atoms with Crippen molar-refractivity contribution in [2.75, 3.05) is 26.7 Å². The summed E-state index contributed by atoms with van der Waals surface area (Å²) in [6.07, 6.45) is 3.95. The number of likely N-dealkylation sites (tertiary alicyclic amines) is 1. The van der Waals surface area contributed by atoms with E-state index in [0.717, 1.165) is 51.1 Å². The third-order valence-corrected chi connectivity index (χ3v) is 6.72. The molecule has 1 aliphatic heterocycles. The van der Waals surface area contributed by atoms with E-state index in [1.807, 2.05) is 17.3 Å². The maximum atomic E-state index is 12.8. The van der Waals surface area contributed by atoms with Crippen LogP contribution in [0.3, 0.4) is 0 Å². The van der Waals surface area contributed by atoms with Gasteiger partial charge in [0.1, 0.15) is 0 Å². The van der Waals surface area contributed by atoms with Crippen molar-refractivity contribution in [3.05, 3.63) is 16.1 Å². The number of hydrogen-bond donors (Lipinski definition) is 1. The van der Waals surface area contributed by atoms with Crippen molar-refractivity contribution < 1.29 is 14.7 Å². The third-order valence-electron chi connectivity index (χ3n) is 5.80. The van der Waals surface area contributed by atoms with E-state index in [1.54, 1.807) is 11.3 Å². The smallest absolute Gasteiger partial charge is 0.306 e. The summed E-state index contributed by atoms with van der Waals surface area (Å²) >= 11 is 1.70. The number of rotatable bonds is 6. The van der Waals surface area contributed by atoms with E-state index in [4.69, 9.17) is 0 Å². The predicted octanol–water partition coefficient (Wildman–Crippen LogP) is 2.62. The number of thiazole rings is 1. The molecule has 1 aromatic rings. The van der Waals surface area contributed by atoms with E-state index in [2.05, 4.69) is 16.9 Å². The summed E-state index contributed by atoms with van der Waals surface area (Å²) in [6.45, 7) is 5.54. The molecule has 0 bridgehead atoms. The van der Waals surface area contributed by atoms with Crippen LogP contribution in [0.4, 0.5) is 0 Å². The van der Waals surface area contributed by atoms with Gasteiger partial charge in [-0.15, -0.1) is 11.3 Å². The molecule has 0 radical (unpaired) electrons. The van der Waals surface area contributed by atoms with Crippen LogP contribution >= 0.6 is 11.3 Å². The summed E-state index contributed by atoms with van der Waals surface area (Å²) in [5.74, 6) is -0.511. The normalized spacial score (nSPS) is 26.4. The van der Waals surface area contributed by atoms with Crippen molar-refractivity contribution >= 4 is 23.2 Å². The molecule has 3 atom stereocenters. The van der Waals surface area contributed by atoms with Crippen molar-refractivity contribution in [3.8, 4) is 0 Å². The highest BCUT2D eigenvalue weighted by atomic mass is 32.1. The van der Waals surface area contributed by atoms with Gasteiger partial charge in [-0.3, -0.25) is 9.59 Å². The first-order valence-corrected chi connectivity index (χ1v) is 10.4. The van der Waals surface area contributed by atoms with E-state index < -0.39 is 5.97 Å². The van der Waals surface area contributed by atoms with Crippen molar-refractivity contribution in [2.24, 2.45) is 17.8 Å². The Labute approximate surface area is 159 Å². The van der Waals surface area contributed by atoms with Crippen molar-refractivity contribution in [2.45, 2.75) is 45.6 Å². The Morgan fingerprint density at radius 1 is 1.35 bits per heavy atom. The number of carboxylic acid groups (broad SMARTS) is 1. The molecule has 26 heavy (non-hydrogen) atoms. The van der Waals surface area contributed by atoms with Crippen LogP contribution in [0.2, 0.25) is 0 Å². The zero-order chi connectivity index (χ0) is 18.7. The zero-order valence-electron chi connectivity index (χ0n) is 15.7. The molecule has 1 saturated heterocycles. The van der Waals surface area contributed by atoms with Crippen LogP contribution in [0.5, 0.6) is 0 Å². The molecule has 2 aliphatic rings. The van der Waals surface area contributed by atoms with Gasteiger partial charge < -0.3 is 14.9 Å². The van der Waals surface area contributed by atoms with E-state index >= 15 is 0 Å². The highest BCUT2D eigenvalue weighted by Crippen LogP contribution is 2.32. The van der Waals surface area contributed by atoms with Crippen LogP contribution in [-0.4, -0.2) is 58.4 Å². The van der Waals surface area contributed by atoms with Crippen LogP contribution in [0.15, 0.2) is 5.51 Å². The minimum absolute atomic E-state index is 0.0961. The fourth-order valence-corrected chi connectivity index (χ4v) is 5.16. The second-order valence-corrected chi connectivity index (χ2v) is 8.83. The Bertz CT molecular complexity index is 648. The van der Waals surface area contributed by atoms with Crippen molar-refractivity contribution in [3.63, 3.8) is 0 Å². The van der Waals surface area contributed by atoms with Gasteiger partial charge in [0.25, 0.3) is 0 Å². The monoisotopic (exact) mass is 379 g/mol. The molecule has 0 spiro atoms. The second kappa shape index (κ2) is 8.48. The maximum absolute atomic E-state index is 12.8. The van der Waals surface area contributed by atoms with E-state index in [1.165, 1.54) is 4.88 Å². The first-order valence-electron chi connectivity index (χ1n) is 9.53. The molecule has 1 N–H and O–H groups in total. The molecule has 1 amide bonds. The Morgan fingerprint density at radius 2 is 2.12 bits per heavy atom. The number of carbonyl (C=O) groups excluding carboxylic acids is 1. The topological polar surface area (TPSA) is 73.7 Å². The number of aromatic nitrogens is 1. The maximum Gasteiger partial charge on any atom is 0.306 e. The molecule has 3 unspecified atom stereocenters. The first kappa shape index (κ1) is 19.3. The van der Waals surface area contributed by atoms with Gasteiger partial charge in [-0.25, -0.2) is 4.98 Å². The summed E-state index contributed by atoms with van der Waals surface area (Å²) in [4.78, 5) is 34.0. The molecule has 6 nitrogen and oxygen atoms in total. The summed E-state index contributed by atoms with van der Waals surface area (Å²) in [5.41, 5.74) is 3.00. The molecule has 2 heterocycles. The lowest BCUT2D eigenvalue weighted by molar-refractivity contribution is -0.145. The molecule has 1 aromatic heterocycles. The molecule has 3 rings (SSSR count). The lowest BCUT2D eigenvalue weighted by Crippen LogP contribution is -2.38. The molecular weight excluding hydrogens is 350 g/mol. The van der Waals surface area contributed by atoms with Gasteiger partial charge in [0.2, 0.25) is 5.91 Å². The largest absolute Gasteiger partial charge is 0.481 e. The number of aliphatic carboxylic acids is 1. The number of nitrogens with zero attached hydrogens (tertiary/aromatic N) is 3. The van der Waals surface area contributed by atoms with E-state index in [9.17, 15) is 14.7 Å². The molecule has 1 saturated carbocycles. The average Bonchev–Trinajstić information content (AvgIpc) is 3.24. The highest BCUT2D eigenvalue weighted by molar-refractivity contribution is 7.09. The highest BCUT2D eigenvalue weighted by Gasteiger charge is 2.36. The van der Waals surface area contributed by atoms with Crippen LogP contribution < -0.4 is 0 Å². The van der Waals surface area contributed by atoms with Gasteiger partial charge in [-0.05, 0) is 45.6 Å². The molecule has 2 fully saturated rings. The Hall–Kier alpha value is -1.47. The summed E-state index contributed by atoms with van der Waals surface area (Å²) < 4.78 is 0.